The quantitative estimate of drug-likeness (QED) is 0.728. The summed E-state index contributed by atoms with van der Waals surface area (Å²) in [4.78, 5) is 0. The summed E-state index contributed by atoms with van der Waals surface area (Å²) in [7, 11) is 0. The van der Waals surface area contributed by atoms with E-state index in [0.717, 1.165) is 21.4 Å². The van der Waals surface area contributed by atoms with Crippen molar-refractivity contribution in [3.05, 3.63) is 50.7 Å². The van der Waals surface area contributed by atoms with Crippen molar-refractivity contribution in [2.75, 3.05) is 11.1 Å². The van der Waals surface area contributed by atoms with Gasteiger partial charge in [0.15, 0.2) is 0 Å². The number of nitrogen functional groups attached to an aromatic ring is 1. The van der Waals surface area contributed by atoms with E-state index in [2.05, 4.69) is 37.2 Å². The largest absolute Gasteiger partial charge is 0.399 e. The molecule has 94 valence electrons. The van der Waals surface area contributed by atoms with Crippen molar-refractivity contribution in [2.24, 2.45) is 0 Å². The molecule has 3 N–H and O–H groups in total. The van der Waals surface area contributed by atoms with Crippen molar-refractivity contribution >= 4 is 48.9 Å². The molecule has 0 unspecified atom stereocenters. The van der Waals surface area contributed by atoms with E-state index >= 15 is 0 Å². The molecule has 0 amide bonds. The number of nitrogens with two attached hydrogens (primary N) is 1. The van der Waals surface area contributed by atoms with Crippen molar-refractivity contribution in [3.8, 4) is 0 Å². The van der Waals surface area contributed by atoms with Gasteiger partial charge in [-0.25, -0.2) is 4.39 Å². The predicted molar refractivity (Wildman–Crippen MR) is 80.7 cm³/mol. The van der Waals surface area contributed by atoms with Crippen LogP contribution in [0.1, 0.15) is 5.56 Å². The van der Waals surface area contributed by atoms with Crippen molar-refractivity contribution in [3.63, 3.8) is 0 Å². The minimum atomic E-state index is -0.269. The SMILES string of the molecule is Cc1cc(F)c(Br)cc1Nc1ccc(N)cc1Br. The van der Waals surface area contributed by atoms with Crippen LogP contribution in [0.2, 0.25) is 0 Å². The Balaban J connectivity index is 2.37. The molecule has 0 radical (unpaired) electrons. The highest BCUT2D eigenvalue weighted by atomic mass is 79.9. The summed E-state index contributed by atoms with van der Waals surface area (Å²) in [5.74, 6) is -0.269. The van der Waals surface area contributed by atoms with Gasteiger partial charge in [0.25, 0.3) is 0 Å². The lowest BCUT2D eigenvalue weighted by Crippen LogP contribution is -1.96. The molecular weight excluding hydrogens is 363 g/mol. The van der Waals surface area contributed by atoms with Crippen LogP contribution in [0.3, 0.4) is 0 Å². The van der Waals surface area contributed by atoms with Gasteiger partial charge in [-0.15, -0.1) is 0 Å². The lowest BCUT2D eigenvalue weighted by molar-refractivity contribution is 0.620. The molecule has 0 saturated carbocycles. The number of nitrogens with one attached hydrogen (secondary N) is 1. The molecule has 0 aromatic heterocycles. The normalized spacial score (nSPS) is 10.4. The highest BCUT2D eigenvalue weighted by Crippen LogP contribution is 2.31. The summed E-state index contributed by atoms with van der Waals surface area (Å²) in [6.45, 7) is 1.85. The minimum absolute atomic E-state index is 0.269. The van der Waals surface area contributed by atoms with Crippen LogP contribution in [-0.2, 0) is 0 Å². The Morgan fingerprint density at radius 1 is 1.06 bits per heavy atom. The number of benzene rings is 2. The molecule has 0 fully saturated rings. The zero-order valence-electron chi connectivity index (χ0n) is 9.60. The molecule has 2 nitrogen and oxygen atoms in total. The number of halogens is 3. The van der Waals surface area contributed by atoms with Gasteiger partial charge in [-0.3, -0.25) is 0 Å². The zero-order valence-corrected chi connectivity index (χ0v) is 12.8. The molecule has 2 aromatic rings. The van der Waals surface area contributed by atoms with Crippen LogP contribution in [0.5, 0.6) is 0 Å². The molecule has 0 aliphatic carbocycles. The smallest absolute Gasteiger partial charge is 0.137 e. The highest BCUT2D eigenvalue weighted by Gasteiger charge is 2.07. The first-order valence-electron chi connectivity index (χ1n) is 5.25. The highest BCUT2D eigenvalue weighted by molar-refractivity contribution is 9.10. The fourth-order valence-electron chi connectivity index (χ4n) is 1.56. The molecule has 0 atom stereocenters. The summed E-state index contributed by atoms with van der Waals surface area (Å²) in [6, 6.07) is 8.69. The lowest BCUT2D eigenvalue weighted by Gasteiger charge is -2.12. The minimum Gasteiger partial charge on any atom is -0.399 e. The van der Waals surface area contributed by atoms with Crippen molar-refractivity contribution < 1.29 is 4.39 Å². The molecule has 0 heterocycles. The van der Waals surface area contributed by atoms with E-state index < -0.39 is 0 Å². The molecular formula is C13H11Br2FN2. The van der Waals surface area contributed by atoms with Crippen LogP contribution < -0.4 is 11.1 Å². The Bertz CT molecular complexity index is 600. The Hall–Kier alpha value is -1.07. The standard InChI is InChI=1S/C13H11Br2FN2/c1-7-4-11(16)9(14)6-13(7)18-12-3-2-8(17)5-10(12)15/h2-6,18H,17H2,1H3. The fraction of sp³-hybridized carbons (Fsp3) is 0.0769. The van der Waals surface area contributed by atoms with E-state index in [1.54, 1.807) is 12.1 Å². The summed E-state index contributed by atoms with van der Waals surface area (Å²) >= 11 is 6.61. The van der Waals surface area contributed by atoms with Gasteiger partial charge in [0, 0.05) is 15.8 Å². The summed E-state index contributed by atoms with van der Waals surface area (Å²) in [5, 5.41) is 3.24. The molecule has 0 spiro atoms. The van der Waals surface area contributed by atoms with Crippen LogP contribution >= 0.6 is 31.9 Å². The van der Waals surface area contributed by atoms with Crippen molar-refractivity contribution in [2.45, 2.75) is 6.92 Å². The number of aryl methyl sites for hydroxylation is 1. The third kappa shape index (κ3) is 2.84. The predicted octanol–water partition coefficient (Wildman–Crippen LogP) is 4.98. The molecule has 0 saturated heterocycles. The monoisotopic (exact) mass is 372 g/mol. The van der Waals surface area contributed by atoms with E-state index in [1.807, 2.05) is 19.1 Å². The van der Waals surface area contributed by atoms with Gasteiger partial charge >= 0.3 is 0 Å². The van der Waals surface area contributed by atoms with Gasteiger partial charge < -0.3 is 11.1 Å². The number of anilines is 3. The van der Waals surface area contributed by atoms with E-state index in [4.69, 9.17) is 5.73 Å². The van der Waals surface area contributed by atoms with Gasteiger partial charge in [0.1, 0.15) is 5.82 Å². The molecule has 2 rings (SSSR count). The second-order valence-corrected chi connectivity index (χ2v) is 5.65. The maximum absolute atomic E-state index is 13.3. The van der Waals surface area contributed by atoms with E-state index in [1.165, 1.54) is 6.07 Å². The van der Waals surface area contributed by atoms with Gasteiger partial charge in [0.2, 0.25) is 0 Å². The van der Waals surface area contributed by atoms with Crippen LogP contribution in [0.15, 0.2) is 39.3 Å². The van der Waals surface area contributed by atoms with Gasteiger partial charge in [-0.1, -0.05) is 0 Å². The lowest BCUT2D eigenvalue weighted by atomic mass is 10.2. The van der Waals surface area contributed by atoms with Crippen LogP contribution in [-0.4, -0.2) is 0 Å². The Morgan fingerprint density at radius 2 is 1.78 bits per heavy atom. The third-order valence-corrected chi connectivity index (χ3v) is 3.79. The summed E-state index contributed by atoms with van der Waals surface area (Å²) in [5.41, 5.74) is 8.92. The molecule has 0 aliphatic heterocycles. The van der Waals surface area contributed by atoms with Crippen LogP contribution in [0.4, 0.5) is 21.5 Å². The van der Waals surface area contributed by atoms with Crippen molar-refractivity contribution in [1.82, 2.24) is 0 Å². The van der Waals surface area contributed by atoms with Gasteiger partial charge in [-0.05, 0) is 74.7 Å². The first kappa shape index (κ1) is 13.4. The van der Waals surface area contributed by atoms with Crippen LogP contribution in [0.25, 0.3) is 0 Å². The van der Waals surface area contributed by atoms with E-state index in [9.17, 15) is 4.39 Å². The average molecular weight is 374 g/mol. The van der Waals surface area contributed by atoms with Crippen LogP contribution in [0, 0.1) is 12.7 Å². The fourth-order valence-corrected chi connectivity index (χ4v) is 2.40. The van der Waals surface area contributed by atoms with E-state index in [0.29, 0.717) is 10.2 Å². The first-order valence-corrected chi connectivity index (χ1v) is 6.83. The molecule has 2 aromatic carbocycles. The number of rotatable bonds is 2. The van der Waals surface area contributed by atoms with Gasteiger partial charge in [-0.2, -0.15) is 0 Å². The third-order valence-electron chi connectivity index (χ3n) is 2.53. The molecule has 18 heavy (non-hydrogen) atoms. The second-order valence-electron chi connectivity index (χ2n) is 3.95. The maximum atomic E-state index is 13.3. The average Bonchev–Trinajstić information content (AvgIpc) is 2.29. The Kier molecular flexibility index (Phi) is 3.92. The zero-order chi connectivity index (χ0) is 13.3. The molecule has 0 bridgehead atoms. The number of hydrogen-bond acceptors (Lipinski definition) is 2. The maximum Gasteiger partial charge on any atom is 0.137 e. The van der Waals surface area contributed by atoms with E-state index in [-0.39, 0.29) is 5.82 Å². The molecule has 0 aliphatic rings. The van der Waals surface area contributed by atoms with Gasteiger partial charge in [0.05, 0.1) is 10.2 Å². The summed E-state index contributed by atoms with van der Waals surface area (Å²) in [6.07, 6.45) is 0. The Morgan fingerprint density at radius 3 is 2.44 bits per heavy atom. The Labute approximate surface area is 122 Å². The molecule has 5 heteroatoms. The second kappa shape index (κ2) is 5.28. The number of hydrogen-bond donors (Lipinski definition) is 2. The summed E-state index contributed by atoms with van der Waals surface area (Å²) < 4.78 is 14.6. The van der Waals surface area contributed by atoms with Crippen molar-refractivity contribution in [1.29, 1.82) is 0 Å². The topological polar surface area (TPSA) is 38.0 Å². The first-order chi connectivity index (χ1) is 8.47.